The molecule has 11 heavy (non-hydrogen) atoms. The fourth-order valence-electron chi connectivity index (χ4n) is 0.783. The molecule has 64 valence electrons. The standard InChI is InChI=1S/C5H9OP.HO3P/c1-7-4-2-3-5(7)6;1-4(2)3/h2-4H2,1H3;(H-,1,2,3)/p+1. The van der Waals surface area contributed by atoms with E-state index in [0.29, 0.717) is 5.52 Å². The van der Waals surface area contributed by atoms with Crippen molar-refractivity contribution < 1.29 is 19.1 Å². The molecule has 6 heteroatoms. The Morgan fingerprint density at radius 2 is 2.00 bits per heavy atom. The van der Waals surface area contributed by atoms with Gasteiger partial charge >= 0.3 is 8.25 Å². The fourth-order valence-corrected chi connectivity index (χ4v) is 2.20. The van der Waals surface area contributed by atoms with Gasteiger partial charge in [-0.05, 0) is 27.2 Å². The van der Waals surface area contributed by atoms with Crippen LogP contribution in [0.2, 0.25) is 0 Å². The van der Waals surface area contributed by atoms with Crippen LogP contribution in [0.5, 0.6) is 0 Å². The van der Waals surface area contributed by atoms with Gasteiger partial charge in [-0.2, -0.15) is 0 Å². The minimum Gasteiger partial charge on any atom is -0.295 e. The Kier molecular flexibility index (Phi) is 5.79. The third kappa shape index (κ3) is 6.52. The number of rotatable bonds is 0. The molecule has 0 aromatic carbocycles. The summed E-state index contributed by atoms with van der Waals surface area (Å²) in [6.07, 6.45) is 3.21. The minimum absolute atomic E-state index is 0.165. The highest BCUT2D eigenvalue weighted by atomic mass is 31.1. The number of hydrogen-bond donors (Lipinski definition) is 2. The largest absolute Gasteiger partial charge is 0.692 e. The fraction of sp³-hybridized carbons (Fsp3) is 0.800. The summed E-state index contributed by atoms with van der Waals surface area (Å²) in [6, 6.07) is 0. The van der Waals surface area contributed by atoms with Gasteiger partial charge in [-0.3, -0.25) is 4.79 Å². The van der Waals surface area contributed by atoms with Crippen molar-refractivity contribution in [3.63, 3.8) is 0 Å². The quantitative estimate of drug-likeness (QED) is 0.569. The molecule has 0 aliphatic carbocycles. The van der Waals surface area contributed by atoms with Crippen LogP contribution in [0, 0.1) is 0 Å². The number of hydrogen-bond acceptors (Lipinski definition) is 2. The first-order valence-electron chi connectivity index (χ1n) is 3.13. The predicted octanol–water partition coefficient (Wildman–Crippen LogP) is 1.05. The molecule has 0 spiro atoms. The number of carbonyl (C=O) groups excluding carboxylic acids is 1. The molecule has 1 heterocycles. The summed E-state index contributed by atoms with van der Waals surface area (Å²) in [5.41, 5.74) is 0.523. The lowest BCUT2D eigenvalue weighted by Gasteiger charge is -1.92. The Hall–Kier alpha value is 0.120. The van der Waals surface area contributed by atoms with Gasteiger partial charge < -0.3 is 0 Å². The molecule has 4 nitrogen and oxygen atoms in total. The van der Waals surface area contributed by atoms with E-state index in [2.05, 4.69) is 6.66 Å². The van der Waals surface area contributed by atoms with E-state index in [9.17, 15) is 4.79 Å². The molecular formula is C5H11O4P2+. The molecule has 2 N–H and O–H groups in total. The lowest BCUT2D eigenvalue weighted by molar-refractivity contribution is -0.111. The van der Waals surface area contributed by atoms with E-state index in [1.165, 1.54) is 6.16 Å². The lowest BCUT2D eigenvalue weighted by Crippen LogP contribution is -1.81. The van der Waals surface area contributed by atoms with E-state index >= 15 is 0 Å². The molecule has 1 unspecified atom stereocenters. The highest BCUT2D eigenvalue weighted by Gasteiger charge is 2.17. The summed E-state index contributed by atoms with van der Waals surface area (Å²) in [4.78, 5) is 24.8. The van der Waals surface area contributed by atoms with Gasteiger partial charge in [-0.15, -0.1) is 9.79 Å². The van der Waals surface area contributed by atoms with Crippen LogP contribution in [0.3, 0.4) is 0 Å². The molecule has 1 rings (SSSR count). The van der Waals surface area contributed by atoms with Crippen LogP contribution < -0.4 is 0 Å². The minimum atomic E-state index is -2.87. The average molecular weight is 197 g/mol. The Morgan fingerprint density at radius 1 is 1.55 bits per heavy atom. The smallest absolute Gasteiger partial charge is 0.295 e. The summed E-state index contributed by atoms with van der Waals surface area (Å²) in [6.45, 7) is 2.07. The lowest BCUT2D eigenvalue weighted by atomic mass is 10.4. The van der Waals surface area contributed by atoms with Crippen molar-refractivity contribution in [3.05, 3.63) is 0 Å². The van der Waals surface area contributed by atoms with Crippen LogP contribution >= 0.6 is 16.2 Å². The Bertz CT molecular complexity index is 155. The van der Waals surface area contributed by atoms with Crippen molar-refractivity contribution in [3.8, 4) is 0 Å². The zero-order chi connectivity index (χ0) is 8.85. The summed E-state index contributed by atoms with van der Waals surface area (Å²) >= 11 is 0. The SMILES string of the molecule is CP1CCCC1=O.O=[P+](O)O. The van der Waals surface area contributed by atoms with Gasteiger partial charge in [0.25, 0.3) is 0 Å². The molecule has 1 saturated heterocycles. The van der Waals surface area contributed by atoms with Crippen LogP contribution in [-0.4, -0.2) is 28.1 Å². The highest BCUT2D eigenvalue weighted by molar-refractivity contribution is 7.74. The monoisotopic (exact) mass is 197 g/mol. The maximum Gasteiger partial charge on any atom is 0.692 e. The topological polar surface area (TPSA) is 74.6 Å². The van der Waals surface area contributed by atoms with E-state index in [4.69, 9.17) is 14.4 Å². The molecule has 1 atom stereocenters. The van der Waals surface area contributed by atoms with Crippen molar-refractivity contribution in [2.75, 3.05) is 12.8 Å². The van der Waals surface area contributed by atoms with Crippen LogP contribution in [-0.2, 0) is 9.36 Å². The number of carbonyl (C=O) groups is 1. The van der Waals surface area contributed by atoms with Gasteiger partial charge in [0, 0.05) is 11.0 Å². The zero-order valence-corrected chi connectivity index (χ0v) is 8.02. The van der Waals surface area contributed by atoms with E-state index in [-0.39, 0.29) is 7.92 Å². The summed E-state index contributed by atoms with van der Waals surface area (Å²) < 4.78 is 8.70. The van der Waals surface area contributed by atoms with Crippen LogP contribution in [0.1, 0.15) is 12.8 Å². The summed E-state index contributed by atoms with van der Waals surface area (Å²) in [7, 11) is -3.04. The van der Waals surface area contributed by atoms with Crippen molar-refractivity contribution >= 4 is 21.7 Å². The maximum absolute atomic E-state index is 10.6. The molecule has 0 amide bonds. The van der Waals surface area contributed by atoms with E-state index in [1.807, 2.05) is 0 Å². The molecule has 0 radical (unpaired) electrons. The van der Waals surface area contributed by atoms with Crippen LogP contribution in [0.4, 0.5) is 0 Å². The highest BCUT2D eigenvalue weighted by Crippen LogP contribution is 2.40. The second kappa shape index (κ2) is 5.73. The van der Waals surface area contributed by atoms with Gasteiger partial charge in [0.1, 0.15) is 0 Å². The van der Waals surface area contributed by atoms with E-state index in [1.54, 1.807) is 0 Å². The molecule has 1 aliphatic heterocycles. The molecule has 0 aromatic rings. The summed E-state index contributed by atoms with van der Waals surface area (Å²) in [5, 5.41) is 0. The van der Waals surface area contributed by atoms with Gasteiger partial charge in [0.05, 0.1) is 0 Å². The summed E-state index contributed by atoms with van der Waals surface area (Å²) in [5.74, 6) is 0. The third-order valence-electron chi connectivity index (χ3n) is 1.31. The van der Waals surface area contributed by atoms with Gasteiger partial charge in [0.15, 0.2) is 5.52 Å². The van der Waals surface area contributed by atoms with Gasteiger partial charge in [-0.25, -0.2) is 0 Å². The second-order valence-electron chi connectivity index (χ2n) is 2.17. The maximum atomic E-state index is 10.6. The Balaban J connectivity index is 0.000000218. The molecular weight excluding hydrogens is 186 g/mol. The molecule has 0 bridgehead atoms. The van der Waals surface area contributed by atoms with Crippen molar-refractivity contribution in [1.29, 1.82) is 0 Å². The van der Waals surface area contributed by atoms with E-state index in [0.717, 1.165) is 12.8 Å². The molecule has 0 saturated carbocycles. The second-order valence-corrected chi connectivity index (χ2v) is 5.02. The van der Waals surface area contributed by atoms with Crippen LogP contribution in [0.15, 0.2) is 0 Å². The predicted molar refractivity (Wildman–Crippen MR) is 44.0 cm³/mol. The van der Waals surface area contributed by atoms with E-state index < -0.39 is 8.25 Å². The zero-order valence-electron chi connectivity index (χ0n) is 6.23. The normalized spacial score (nSPS) is 22.5. The Labute approximate surface area is 67.3 Å². The van der Waals surface area contributed by atoms with Gasteiger partial charge in [-0.1, -0.05) is 0 Å². The van der Waals surface area contributed by atoms with Crippen molar-refractivity contribution in [2.45, 2.75) is 12.8 Å². The molecule has 0 aromatic heterocycles. The first-order valence-corrected chi connectivity index (χ1v) is 6.27. The first kappa shape index (κ1) is 11.1. The third-order valence-corrected chi connectivity index (χ3v) is 3.37. The van der Waals surface area contributed by atoms with Crippen LogP contribution in [0.25, 0.3) is 0 Å². The van der Waals surface area contributed by atoms with Crippen molar-refractivity contribution in [1.82, 2.24) is 0 Å². The van der Waals surface area contributed by atoms with Crippen molar-refractivity contribution in [2.24, 2.45) is 0 Å². The Morgan fingerprint density at radius 3 is 2.09 bits per heavy atom. The first-order chi connectivity index (χ1) is 5.04. The molecule has 1 aliphatic rings. The average Bonchev–Trinajstić information content (AvgIpc) is 2.15. The molecule has 1 fully saturated rings. The van der Waals surface area contributed by atoms with Gasteiger partial charge in [0.2, 0.25) is 0 Å².